The van der Waals surface area contributed by atoms with Crippen LogP contribution in [-0.2, 0) is 0 Å². The standard InChI is InChI=1S/C22H13Cl2NOS/c23-12-9-10-16(24)15(11-12)22-19-20(13-5-1-2-6-14(13)21(19)26)25-17-7-3-4-8-18(17)27-22/h1-11,22,25H/t22-/m0/s1. The Morgan fingerprint density at radius 2 is 1.63 bits per heavy atom. The normalized spacial score (nSPS) is 17.7. The quantitative estimate of drug-likeness (QED) is 0.475. The van der Waals surface area contributed by atoms with Crippen molar-refractivity contribution < 1.29 is 4.79 Å². The first-order chi connectivity index (χ1) is 13.1. The van der Waals surface area contributed by atoms with Crippen molar-refractivity contribution in [3.8, 4) is 0 Å². The minimum Gasteiger partial charge on any atom is -0.354 e. The van der Waals surface area contributed by atoms with E-state index in [4.69, 9.17) is 23.2 Å². The van der Waals surface area contributed by atoms with Crippen molar-refractivity contribution in [3.05, 3.63) is 99.0 Å². The van der Waals surface area contributed by atoms with E-state index in [1.165, 1.54) is 0 Å². The zero-order valence-corrected chi connectivity index (χ0v) is 16.3. The van der Waals surface area contributed by atoms with Gasteiger partial charge in [-0.2, -0.15) is 0 Å². The zero-order chi connectivity index (χ0) is 18.5. The van der Waals surface area contributed by atoms with Gasteiger partial charge in [0, 0.05) is 31.6 Å². The van der Waals surface area contributed by atoms with Gasteiger partial charge in [-0.1, -0.05) is 59.6 Å². The smallest absolute Gasteiger partial charge is 0.193 e. The van der Waals surface area contributed by atoms with Gasteiger partial charge in [0.05, 0.1) is 16.6 Å². The number of para-hydroxylation sites is 1. The molecule has 0 amide bonds. The van der Waals surface area contributed by atoms with Crippen LogP contribution in [0.4, 0.5) is 5.69 Å². The molecule has 0 radical (unpaired) electrons. The van der Waals surface area contributed by atoms with Gasteiger partial charge in [0.1, 0.15) is 0 Å². The first-order valence-electron chi connectivity index (χ1n) is 8.49. The van der Waals surface area contributed by atoms with E-state index in [-0.39, 0.29) is 11.0 Å². The SMILES string of the molecule is O=C1C2=C(Nc3ccccc3S[C@H]2c2cc(Cl)ccc2Cl)c2ccccc21. The van der Waals surface area contributed by atoms with Crippen LogP contribution in [-0.4, -0.2) is 5.78 Å². The highest BCUT2D eigenvalue weighted by atomic mass is 35.5. The second-order valence-electron chi connectivity index (χ2n) is 6.45. The fourth-order valence-electron chi connectivity index (χ4n) is 3.62. The molecule has 2 nitrogen and oxygen atoms in total. The lowest BCUT2D eigenvalue weighted by Crippen LogP contribution is -2.08. The van der Waals surface area contributed by atoms with Gasteiger partial charge in [0.15, 0.2) is 5.78 Å². The number of benzene rings is 3. The number of halogens is 2. The van der Waals surface area contributed by atoms with E-state index in [1.807, 2.05) is 48.5 Å². The van der Waals surface area contributed by atoms with Gasteiger partial charge in [-0.15, -0.1) is 11.8 Å². The molecule has 1 aliphatic heterocycles. The fourth-order valence-corrected chi connectivity index (χ4v) is 5.41. The number of thioether (sulfide) groups is 1. The molecule has 1 atom stereocenters. The van der Waals surface area contributed by atoms with Crippen LogP contribution in [0.5, 0.6) is 0 Å². The number of Topliss-reactive ketones (excluding diaryl/α,β-unsaturated/α-hetero) is 1. The van der Waals surface area contributed by atoms with E-state index in [1.54, 1.807) is 23.9 Å². The molecule has 27 heavy (non-hydrogen) atoms. The number of hydrogen-bond donors (Lipinski definition) is 1. The van der Waals surface area contributed by atoms with Gasteiger partial charge in [0.25, 0.3) is 0 Å². The Kier molecular flexibility index (Phi) is 4.05. The number of carbonyl (C=O) groups excluding carboxylic acids is 1. The highest BCUT2D eigenvalue weighted by Crippen LogP contribution is 2.53. The van der Waals surface area contributed by atoms with E-state index in [0.717, 1.165) is 38.5 Å². The first-order valence-corrected chi connectivity index (χ1v) is 10.1. The Bertz CT molecular complexity index is 1140. The van der Waals surface area contributed by atoms with E-state index in [2.05, 4.69) is 11.4 Å². The molecule has 0 unspecified atom stereocenters. The average molecular weight is 410 g/mol. The summed E-state index contributed by atoms with van der Waals surface area (Å²) in [6, 6.07) is 21.2. The maximum Gasteiger partial charge on any atom is 0.193 e. The minimum absolute atomic E-state index is 0.0365. The fraction of sp³-hybridized carbons (Fsp3) is 0.0455. The van der Waals surface area contributed by atoms with E-state index in [9.17, 15) is 4.79 Å². The topological polar surface area (TPSA) is 29.1 Å². The van der Waals surface area contributed by atoms with Gasteiger partial charge in [-0.25, -0.2) is 0 Å². The number of rotatable bonds is 1. The molecule has 0 saturated heterocycles. The van der Waals surface area contributed by atoms with E-state index in [0.29, 0.717) is 10.0 Å². The van der Waals surface area contributed by atoms with Crippen molar-refractivity contribution in [3.63, 3.8) is 0 Å². The highest BCUT2D eigenvalue weighted by Gasteiger charge is 2.38. The molecule has 5 rings (SSSR count). The second-order valence-corrected chi connectivity index (χ2v) is 8.44. The molecule has 3 aromatic carbocycles. The Morgan fingerprint density at radius 1 is 0.889 bits per heavy atom. The number of fused-ring (bicyclic) bond motifs is 3. The molecule has 0 saturated carbocycles. The van der Waals surface area contributed by atoms with Crippen LogP contribution in [0.1, 0.15) is 26.7 Å². The predicted molar refractivity (Wildman–Crippen MR) is 113 cm³/mol. The molecule has 3 aromatic rings. The lowest BCUT2D eigenvalue weighted by atomic mass is 10.0. The van der Waals surface area contributed by atoms with Crippen LogP contribution >= 0.6 is 35.0 Å². The van der Waals surface area contributed by atoms with Crippen LogP contribution in [0, 0.1) is 0 Å². The number of nitrogens with one attached hydrogen (secondary N) is 1. The van der Waals surface area contributed by atoms with Crippen molar-refractivity contribution in [1.29, 1.82) is 0 Å². The van der Waals surface area contributed by atoms with Gasteiger partial charge < -0.3 is 5.32 Å². The van der Waals surface area contributed by atoms with Gasteiger partial charge in [-0.3, -0.25) is 4.79 Å². The van der Waals surface area contributed by atoms with E-state index < -0.39 is 0 Å². The van der Waals surface area contributed by atoms with E-state index >= 15 is 0 Å². The molecule has 5 heteroatoms. The molecular formula is C22H13Cl2NOS. The zero-order valence-electron chi connectivity index (χ0n) is 14.0. The Hall–Kier alpha value is -2.20. The van der Waals surface area contributed by atoms with Gasteiger partial charge in [-0.05, 0) is 35.9 Å². The molecule has 0 bridgehead atoms. The maximum atomic E-state index is 13.3. The lowest BCUT2D eigenvalue weighted by Gasteiger charge is -2.19. The number of ketones is 1. The molecule has 1 aliphatic carbocycles. The lowest BCUT2D eigenvalue weighted by molar-refractivity contribution is 0.103. The molecule has 1 heterocycles. The monoisotopic (exact) mass is 409 g/mol. The molecule has 132 valence electrons. The summed E-state index contributed by atoms with van der Waals surface area (Å²) in [6.07, 6.45) is 0. The van der Waals surface area contributed by atoms with Crippen LogP contribution in [0.3, 0.4) is 0 Å². The number of anilines is 1. The third-order valence-electron chi connectivity index (χ3n) is 4.85. The molecular weight excluding hydrogens is 397 g/mol. The summed E-state index contributed by atoms with van der Waals surface area (Å²) in [5, 5.41) is 4.46. The summed E-state index contributed by atoms with van der Waals surface area (Å²) in [4.78, 5) is 14.4. The third kappa shape index (κ3) is 2.69. The summed E-state index contributed by atoms with van der Waals surface area (Å²) < 4.78 is 0. The molecule has 0 fully saturated rings. The molecule has 0 spiro atoms. The van der Waals surface area contributed by atoms with Gasteiger partial charge in [0.2, 0.25) is 0 Å². The summed E-state index contributed by atoms with van der Waals surface area (Å²) in [5.74, 6) is 0.0365. The second kappa shape index (κ2) is 6.45. The number of carbonyl (C=O) groups is 1. The van der Waals surface area contributed by atoms with Crippen LogP contribution in [0.25, 0.3) is 5.70 Å². The van der Waals surface area contributed by atoms with Crippen LogP contribution in [0.15, 0.2) is 77.2 Å². The summed E-state index contributed by atoms with van der Waals surface area (Å²) in [5.41, 5.74) is 5.06. The summed E-state index contributed by atoms with van der Waals surface area (Å²) in [6.45, 7) is 0. The Labute approximate surface area is 171 Å². The number of hydrogen-bond acceptors (Lipinski definition) is 3. The first kappa shape index (κ1) is 16.9. The Balaban J connectivity index is 1.78. The largest absolute Gasteiger partial charge is 0.354 e. The van der Waals surface area contributed by atoms with Crippen molar-refractivity contribution >= 4 is 52.1 Å². The maximum absolute atomic E-state index is 13.3. The summed E-state index contributed by atoms with van der Waals surface area (Å²) in [7, 11) is 0. The minimum atomic E-state index is -0.248. The summed E-state index contributed by atoms with van der Waals surface area (Å²) >= 11 is 14.4. The predicted octanol–water partition coefficient (Wildman–Crippen LogP) is 6.86. The third-order valence-corrected chi connectivity index (χ3v) is 6.76. The highest BCUT2D eigenvalue weighted by molar-refractivity contribution is 8.00. The Morgan fingerprint density at radius 3 is 2.48 bits per heavy atom. The van der Waals surface area contributed by atoms with Gasteiger partial charge >= 0.3 is 0 Å². The van der Waals surface area contributed by atoms with Crippen molar-refractivity contribution in [1.82, 2.24) is 0 Å². The van der Waals surface area contributed by atoms with Crippen molar-refractivity contribution in [2.75, 3.05) is 5.32 Å². The molecule has 1 N–H and O–H groups in total. The van der Waals surface area contributed by atoms with Crippen molar-refractivity contribution in [2.45, 2.75) is 10.1 Å². The van der Waals surface area contributed by atoms with Crippen LogP contribution < -0.4 is 5.32 Å². The molecule has 2 aliphatic rings. The average Bonchev–Trinajstić information content (AvgIpc) is 2.85. The van der Waals surface area contributed by atoms with Crippen LogP contribution in [0.2, 0.25) is 10.0 Å². The van der Waals surface area contributed by atoms with Crippen molar-refractivity contribution in [2.24, 2.45) is 0 Å². The molecule has 0 aromatic heterocycles.